The van der Waals surface area contributed by atoms with E-state index < -0.39 is 36.7 Å². The fourth-order valence-corrected chi connectivity index (χ4v) is 8.25. The molecule has 28 heavy (non-hydrogen) atoms. The summed E-state index contributed by atoms with van der Waals surface area (Å²) in [4.78, 5) is 0.0638. The van der Waals surface area contributed by atoms with Crippen LogP contribution in [0.1, 0.15) is 5.56 Å². The minimum absolute atomic E-state index is 0.0638. The minimum atomic E-state index is -3.83. The Bertz CT molecular complexity index is 1100. The van der Waals surface area contributed by atoms with Gasteiger partial charge in [-0.05, 0) is 42.0 Å². The van der Waals surface area contributed by atoms with E-state index in [1.165, 1.54) is 24.3 Å². The zero-order chi connectivity index (χ0) is 19.9. The van der Waals surface area contributed by atoms with Gasteiger partial charge >= 0.3 is 0 Å². The normalized spacial score (nSPS) is 23.0. The highest BCUT2D eigenvalue weighted by Crippen LogP contribution is 2.33. The standard InChI is InChI=1S/C18H18ClNO6S2/c19-13-2-4-14(5-3-13)28(23,24)18-10-27(21,22)9-15(18)20-8-12-1-6-16-17(7-12)26-11-25-16/h1-7,15,18,20H,8-11H2/t15-,18-/m0/s1. The number of nitrogens with one attached hydrogen (secondary N) is 1. The molecule has 2 atom stereocenters. The summed E-state index contributed by atoms with van der Waals surface area (Å²) in [6.07, 6.45) is 0. The van der Waals surface area contributed by atoms with Crippen molar-refractivity contribution < 1.29 is 26.3 Å². The first-order valence-electron chi connectivity index (χ1n) is 8.56. The Morgan fingerprint density at radius 1 is 1.04 bits per heavy atom. The maximum atomic E-state index is 13.0. The van der Waals surface area contributed by atoms with Gasteiger partial charge < -0.3 is 14.8 Å². The van der Waals surface area contributed by atoms with Crippen LogP contribution in [0.15, 0.2) is 47.4 Å². The molecule has 0 aliphatic carbocycles. The van der Waals surface area contributed by atoms with Crippen molar-refractivity contribution in [2.45, 2.75) is 22.7 Å². The third-order valence-electron chi connectivity index (χ3n) is 4.85. The number of ether oxygens (including phenoxy) is 2. The summed E-state index contributed by atoms with van der Waals surface area (Å²) < 4.78 is 61.0. The summed E-state index contributed by atoms with van der Waals surface area (Å²) in [7, 11) is -7.30. The van der Waals surface area contributed by atoms with E-state index in [4.69, 9.17) is 21.1 Å². The summed E-state index contributed by atoms with van der Waals surface area (Å²) in [5, 5.41) is 2.45. The van der Waals surface area contributed by atoms with Crippen LogP contribution in [0.5, 0.6) is 11.5 Å². The second kappa shape index (κ2) is 7.22. The predicted molar refractivity (Wildman–Crippen MR) is 104 cm³/mol. The van der Waals surface area contributed by atoms with E-state index in [1.807, 2.05) is 6.07 Å². The zero-order valence-corrected chi connectivity index (χ0v) is 17.1. The highest BCUT2D eigenvalue weighted by Gasteiger charge is 2.45. The van der Waals surface area contributed by atoms with Crippen molar-refractivity contribution in [3.05, 3.63) is 53.1 Å². The van der Waals surface area contributed by atoms with Crippen molar-refractivity contribution in [3.63, 3.8) is 0 Å². The highest BCUT2D eigenvalue weighted by molar-refractivity contribution is 7.96. The van der Waals surface area contributed by atoms with Gasteiger partial charge in [0.05, 0.1) is 21.7 Å². The second-order valence-electron chi connectivity index (χ2n) is 6.79. The first-order valence-corrected chi connectivity index (χ1v) is 12.3. The van der Waals surface area contributed by atoms with Gasteiger partial charge in [0.15, 0.2) is 31.2 Å². The average Bonchev–Trinajstić information content (AvgIpc) is 3.23. The molecule has 1 N–H and O–H groups in total. The molecular formula is C18H18ClNO6S2. The Kier molecular flexibility index (Phi) is 5.03. The van der Waals surface area contributed by atoms with E-state index in [9.17, 15) is 16.8 Å². The molecule has 2 aromatic rings. The Morgan fingerprint density at radius 2 is 1.75 bits per heavy atom. The maximum absolute atomic E-state index is 13.0. The highest BCUT2D eigenvalue weighted by atomic mass is 35.5. The molecule has 10 heteroatoms. The van der Waals surface area contributed by atoms with Gasteiger partial charge in [0.25, 0.3) is 0 Å². The van der Waals surface area contributed by atoms with Crippen LogP contribution in [0.25, 0.3) is 0 Å². The maximum Gasteiger partial charge on any atom is 0.231 e. The van der Waals surface area contributed by atoms with E-state index in [0.717, 1.165) is 5.56 Å². The molecule has 0 saturated carbocycles. The number of halogens is 1. The van der Waals surface area contributed by atoms with Crippen molar-refractivity contribution in [1.82, 2.24) is 5.32 Å². The van der Waals surface area contributed by atoms with E-state index >= 15 is 0 Å². The molecule has 1 fully saturated rings. The third-order valence-corrected chi connectivity index (χ3v) is 9.27. The molecular weight excluding hydrogens is 426 g/mol. The molecule has 0 spiro atoms. The van der Waals surface area contributed by atoms with Crippen LogP contribution >= 0.6 is 11.6 Å². The lowest BCUT2D eigenvalue weighted by Gasteiger charge is -2.20. The number of hydrogen-bond donors (Lipinski definition) is 1. The third kappa shape index (κ3) is 3.84. The summed E-state index contributed by atoms with van der Waals surface area (Å²) in [5.74, 6) is 0.630. The van der Waals surface area contributed by atoms with Crippen LogP contribution in [0, 0.1) is 0 Å². The molecule has 0 radical (unpaired) electrons. The molecule has 2 heterocycles. The Hall–Kier alpha value is -1.81. The summed E-state index contributed by atoms with van der Waals surface area (Å²) >= 11 is 5.83. The summed E-state index contributed by atoms with van der Waals surface area (Å²) in [6.45, 7) is 0.470. The molecule has 150 valence electrons. The van der Waals surface area contributed by atoms with Gasteiger partial charge in [-0.25, -0.2) is 16.8 Å². The summed E-state index contributed by atoms with van der Waals surface area (Å²) in [5.41, 5.74) is 0.844. The fraction of sp³-hybridized carbons (Fsp3) is 0.333. The Labute approximate surface area is 168 Å². The quantitative estimate of drug-likeness (QED) is 0.752. The first-order chi connectivity index (χ1) is 13.2. The van der Waals surface area contributed by atoms with Crippen LogP contribution in [0.4, 0.5) is 0 Å². The predicted octanol–water partition coefficient (Wildman–Crippen LogP) is 1.80. The smallest absolute Gasteiger partial charge is 0.231 e. The number of fused-ring (bicyclic) bond motifs is 1. The van der Waals surface area contributed by atoms with Gasteiger partial charge in [0.1, 0.15) is 0 Å². The number of sulfone groups is 2. The molecule has 7 nitrogen and oxygen atoms in total. The van der Waals surface area contributed by atoms with Crippen molar-refractivity contribution in [1.29, 1.82) is 0 Å². The molecule has 2 aromatic carbocycles. The molecule has 0 amide bonds. The van der Waals surface area contributed by atoms with Gasteiger partial charge in [0, 0.05) is 17.6 Å². The van der Waals surface area contributed by atoms with Gasteiger partial charge in [-0.3, -0.25) is 0 Å². The minimum Gasteiger partial charge on any atom is -0.454 e. The van der Waals surface area contributed by atoms with Crippen molar-refractivity contribution in [2.75, 3.05) is 18.3 Å². The van der Waals surface area contributed by atoms with Gasteiger partial charge in [-0.1, -0.05) is 17.7 Å². The van der Waals surface area contributed by atoms with Crippen LogP contribution in [0.3, 0.4) is 0 Å². The number of rotatable bonds is 5. The monoisotopic (exact) mass is 443 g/mol. The fourth-order valence-electron chi connectivity index (χ4n) is 3.41. The molecule has 0 aromatic heterocycles. The number of hydrogen-bond acceptors (Lipinski definition) is 7. The van der Waals surface area contributed by atoms with Crippen molar-refractivity contribution in [3.8, 4) is 11.5 Å². The van der Waals surface area contributed by atoms with E-state index in [0.29, 0.717) is 23.1 Å². The molecule has 1 saturated heterocycles. The molecule has 0 bridgehead atoms. The van der Waals surface area contributed by atoms with Gasteiger partial charge in [0.2, 0.25) is 6.79 Å². The van der Waals surface area contributed by atoms with Gasteiger partial charge in [-0.2, -0.15) is 0 Å². The lowest BCUT2D eigenvalue weighted by Crippen LogP contribution is -2.43. The van der Waals surface area contributed by atoms with Crippen LogP contribution in [-0.4, -0.2) is 46.4 Å². The second-order valence-corrected chi connectivity index (χ2v) is 11.5. The Morgan fingerprint density at radius 3 is 2.50 bits per heavy atom. The van der Waals surface area contributed by atoms with Crippen molar-refractivity contribution >= 4 is 31.3 Å². The van der Waals surface area contributed by atoms with Crippen LogP contribution in [-0.2, 0) is 26.2 Å². The van der Waals surface area contributed by atoms with Crippen LogP contribution in [0.2, 0.25) is 5.02 Å². The van der Waals surface area contributed by atoms with Crippen molar-refractivity contribution in [2.24, 2.45) is 0 Å². The largest absolute Gasteiger partial charge is 0.454 e. The number of benzene rings is 2. The molecule has 4 rings (SSSR count). The average molecular weight is 444 g/mol. The topological polar surface area (TPSA) is 98.8 Å². The summed E-state index contributed by atoms with van der Waals surface area (Å²) in [6, 6.07) is 10.4. The SMILES string of the molecule is O=S1(=O)C[C@H](NCc2ccc3c(c2)OCO3)[C@@H](S(=O)(=O)c2ccc(Cl)cc2)C1. The lowest BCUT2D eigenvalue weighted by molar-refractivity contribution is 0.174. The van der Waals surface area contributed by atoms with Gasteiger partial charge in [-0.15, -0.1) is 0 Å². The Balaban J connectivity index is 1.55. The van der Waals surface area contributed by atoms with E-state index in [-0.39, 0.29) is 17.4 Å². The first kappa shape index (κ1) is 19.5. The molecule has 0 unspecified atom stereocenters. The van der Waals surface area contributed by atoms with Crippen LogP contribution < -0.4 is 14.8 Å². The lowest BCUT2D eigenvalue weighted by atomic mass is 10.2. The van der Waals surface area contributed by atoms with E-state index in [1.54, 1.807) is 12.1 Å². The van der Waals surface area contributed by atoms with E-state index in [2.05, 4.69) is 5.32 Å². The molecule has 2 aliphatic rings. The zero-order valence-electron chi connectivity index (χ0n) is 14.7. The molecule has 2 aliphatic heterocycles.